The minimum absolute atomic E-state index is 0. The van der Waals surface area contributed by atoms with E-state index in [2.05, 4.69) is 96.3 Å². The molecule has 4 aromatic heterocycles. The molecule has 0 saturated carbocycles. The summed E-state index contributed by atoms with van der Waals surface area (Å²) in [5.74, 6) is 5.29. The van der Waals surface area contributed by atoms with E-state index in [1.165, 1.54) is 11.1 Å². The van der Waals surface area contributed by atoms with Crippen molar-refractivity contribution in [2.75, 3.05) is 52.6 Å². The molecular formula is C44H56BrClN10O4. The monoisotopic (exact) mass is 902 g/mol. The largest absolute Gasteiger partial charge is 0.381 e. The number of ether oxygens (including phenoxy) is 2. The zero-order chi connectivity index (χ0) is 40.7. The Labute approximate surface area is 364 Å². The predicted octanol–water partition coefficient (Wildman–Crippen LogP) is 6.18. The van der Waals surface area contributed by atoms with Crippen molar-refractivity contribution in [3.8, 4) is 0 Å². The number of imidazole rings is 2. The van der Waals surface area contributed by atoms with Crippen molar-refractivity contribution in [3.63, 3.8) is 0 Å². The lowest BCUT2D eigenvalue weighted by atomic mass is 9.97. The van der Waals surface area contributed by atoms with Crippen molar-refractivity contribution in [1.82, 2.24) is 49.4 Å². The molecule has 0 aliphatic carbocycles. The summed E-state index contributed by atoms with van der Waals surface area (Å²) < 4.78 is 14.4. The fraction of sp³-hybridized carbons (Fsp3) is 0.500. The van der Waals surface area contributed by atoms with Gasteiger partial charge in [0.1, 0.15) is 23.3 Å². The molecule has 4 aliphatic heterocycles. The van der Waals surface area contributed by atoms with E-state index in [9.17, 15) is 9.59 Å². The van der Waals surface area contributed by atoms with E-state index in [1.807, 2.05) is 24.3 Å². The molecule has 0 bridgehead atoms. The van der Waals surface area contributed by atoms with Crippen LogP contribution in [0.3, 0.4) is 0 Å². The van der Waals surface area contributed by atoms with E-state index in [4.69, 9.17) is 19.7 Å². The van der Waals surface area contributed by atoms with Gasteiger partial charge in [0.2, 0.25) is 0 Å². The highest BCUT2D eigenvalue weighted by Crippen LogP contribution is 2.32. The van der Waals surface area contributed by atoms with Gasteiger partial charge in [-0.15, -0.1) is 12.4 Å². The van der Waals surface area contributed by atoms with Crippen molar-refractivity contribution in [2.24, 2.45) is 11.8 Å². The first-order chi connectivity index (χ1) is 28.9. The van der Waals surface area contributed by atoms with Crippen LogP contribution in [0, 0.1) is 11.8 Å². The molecule has 6 aromatic rings. The summed E-state index contributed by atoms with van der Waals surface area (Å²) in [4.78, 5) is 42.6. The Bertz CT molecular complexity index is 2390. The quantitative estimate of drug-likeness (QED) is 0.158. The number of nitrogens with one attached hydrogen (secondary N) is 3. The third kappa shape index (κ3) is 10.1. The van der Waals surface area contributed by atoms with Crippen LogP contribution < -0.4 is 16.4 Å². The number of fused-ring (bicyclic) bond motifs is 2. The van der Waals surface area contributed by atoms with E-state index in [-0.39, 0.29) is 35.4 Å². The average molecular weight is 904 g/mol. The van der Waals surface area contributed by atoms with Gasteiger partial charge in [-0.25, -0.2) is 19.0 Å². The lowest BCUT2D eigenvalue weighted by molar-refractivity contribution is 0.0831. The van der Waals surface area contributed by atoms with Crippen LogP contribution in [0.5, 0.6) is 0 Å². The summed E-state index contributed by atoms with van der Waals surface area (Å²) in [5.41, 5.74) is 3.50. The van der Waals surface area contributed by atoms with Crippen LogP contribution in [0.2, 0.25) is 0 Å². The fourth-order valence-corrected chi connectivity index (χ4v) is 9.18. The van der Waals surface area contributed by atoms with Crippen LogP contribution in [0.4, 0.5) is 0 Å². The molecule has 16 heteroatoms. The van der Waals surface area contributed by atoms with Gasteiger partial charge < -0.3 is 24.8 Å². The molecule has 4 fully saturated rings. The maximum Gasteiger partial charge on any atom is 0.276 e. The van der Waals surface area contributed by atoms with Gasteiger partial charge in [-0.1, -0.05) is 90.4 Å². The van der Waals surface area contributed by atoms with E-state index >= 15 is 0 Å². The van der Waals surface area contributed by atoms with Gasteiger partial charge >= 0.3 is 0 Å². The van der Waals surface area contributed by atoms with Gasteiger partial charge in [-0.2, -0.15) is 10.2 Å². The lowest BCUT2D eigenvalue weighted by Gasteiger charge is -2.21. The SMILES string of the molecule is BrCc1ccccc1.CC1CN(Cc2ccccc2)CC1c1nn2c(C3CCOCC3)ncc2c(=O)[nH]1.CC1CNCC1c1nn2c(C3CCOCC3)ncc2c(=O)[nH]1.Cl. The van der Waals surface area contributed by atoms with Crippen LogP contribution in [-0.2, 0) is 21.3 Å². The van der Waals surface area contributed by atoms with Gasteiger partial charge in [0.25, 0.3) is 11.1 Å². The van der Waals surface area contributed by atoms with E-state index in [0.717, 1.165) is 113 Å². The van der Waals surface area contributed by atoms with Gasteiger partial charge in [-0.3, -0.25) is 14.5 Å². The second-order valence-corrected chi connectivity index (χ2v) is 17.0. The Morgan fingerprint density at radius 3 is 1.63 bits per heavy atom. The molecule has 4 aliphatic rings. The first-order valence-electron chi connectivity index (χ1n) is 21.0. The van der Waals surface area contributed by atoms with Crippen LogP contribution >= 0.6 is 28.3 Å². The van der Waals surface area contributed by atoms with Gasteiger partial charge in [0.05, 0.1) is 12.4 Å². The number of rotatable bonds is 7. The van der Waals surface area contributed by atoms with Gasteiger partial charge in [0.15, 0.2) is 11.0 Å². The predicted molar refractivity (Wildman–Crippen MR) is 238 cm³/mol. The molecule has 8 heterocycles. The summed E-state index contributed by atoms with van der Waals surface area (Å²) in [6.07, 6.45) is 7.01. The Kier molecular flexibility index (Phi) is 15.0. The number of H-pyrrole nitrogens is 2. The normalized spacial score (nSPS) is 22.5. The van der Waals surface area contributed by atoms with Crippen molar-refractivity contribution < 1.29 is 9.47 Å². The topological polar surface area (TPSA) is 160 Å². The molecule has 60 heavy (non-hydrogen) atoms. The summed E-state index contributed by atoms with van der Waals surface area (Å²) in [5, 5.41) is 13.9. The highest BCUT2D eigenvalue weighted by Gasteiger charge is 2.34. The van der Waals surface area contributed by atoms with Crippen molar-refractivity contribution in [3.05, 3.63) is 128 Å². The Balaban J connectivity index is 0.000000155. The number of hydrogen-bond donors (Lipinski definition) is 3. The van der Waals surface area contributed by atoms with E-state index in [0.29, 0.717) is 34.7 Å². The number of benzene rings is 2. The fourth-order valence-electron chi connectivity index (χ4n) is 8.81. The number of aromatic amines is 2. The maximum atomic E-state index is 12.7. The summed E-state index contributed by atoms with van der Waals surface area (Å²) >= 11 is 3.36. The first-order valence-corrected chi connectivity index (χ1v) is 22.2. The molecule has 0 spiro atoms. The zero-order valence-corrected chi connectivity index (χ0v) is 36.7. The molecule has 3 N–H and O–H groups in total. The van der Waals surface area contributed by atoms with Crippen LogP contribution in [0.1, 0.15) is 97.6 Å². The average Bonchev–Trinajstić information content (AvgIpc) is 4.09. The second-order valence-electron chi connectivity index (χ2n) is 16.4. The summed E-state index contributed by atoms with van der Waals surface area (Å²) in [6.45, 7) is 12.0. The molecule has 4 atom stereocenters. The highest BCUT2D eigenvalue weighted by atomic mass is 79.9. The number of nitrogens with zero attached hydrogens (tertiary/aromatic N) is 7. The second kappa shape index (κ2) is 20.5. The van der Waals surface area contributed by atoms with Crippen LogP contribution in [0.15, 0.2) is 82.6 Å². The van der Waals surface area contributed by atoms with E-state index in [1.54, 1.807) is 21.4 Å². The number of alkyl halides is 1. The lowest BCUT2D eigenvalue weighted by Crippen LogP contribution is -2.24. The van der Waals surface area contributed by atoms with Gasteiger partial charge in [0, 0.05) is 81.6 Å². The minimum Gasteiger partial charge on any atom is -0.381 e. The third-order valence-electron chi connectivity index (χ3n) is 12.2. The summed E-state index contributed by atoms with van der Waals surface area (Å²) in [6, 6.07) is 20.8. The maximum absolute atomic E-state index is 12.7. The number of hydrogen-bond acceptors (Lipinski definition) is 10. The molecule has 10 rings (SSSR count). The smallest absolute Gasteiger partial charge is 0.276 e. The Hall–Kier alpha value is -4.25. The van der Waals surface area contributed by atoms with Gasteiger partial charge in [-0.05, 0) is 55.2 Å². The number of halogens is 2. The Morgan fingerprint density at radius 1 is 0.667 bits per heavy atom. The Morgan fingerprint density at radius 2 is 1.17 bits per heavy atom. The van der Waals surface area contributed by atoms with Crippen molar-refractivity contribution >= 4 is 39.4 Å². The molecule has 0 radical (unpaired) electrons. The minimum atomic E-state index is -0.102. The highest BCUT2D eigenvalue weighted by molar-refractivity contribution is 9.08. The third-order valence-corrected chi connectivity index (χ3v) is 12.9. The molecule has 0 amide bonds. The molecule has 14 nitrogen and oxygen atoms in total. The molecule has 4 saturated heterocycles. The van der Waals surface area contributed by atoms with Crippen molar-refractivity contribution in [1.29, 1.82) is 0 Å². The zero-order valence-electron chi connectivity index (χ0n) is 34.3. The van der Waals surface area contributed by atoms with Crippen LogP contribution in [-0.4, -0.2) is 96.7 Å². The summed E-state index contributed by atoms with van der Waals surface area (Å²) in [7, 11) is 0. The van der Waals surface area contributed by atoms with E-state index < -0.39 is 0 Å². The molecule has 4 unspecified atom stereocenters. The molecule has 320 valence electrons. The number of aromatic nitrogens is 8. The van der Waals surface area contributed by atoms with Crippen molar-refractivity contribution in [2.45, 2.75) is 75.1 Å². The standard InChI is InChI=1S/C22H27N5O2.C15H21N5O2.C7H7Br.ClH/c1-15-12-26(13-16-5-3-2-4-6-16)14-18(15)20-24-22(28)19-11-23-21(27(19)25-20)17-7-9-29-10-8-17;1-9-6-16-7-11(9)13-18-15(21)12-8-17-14(20(12)19-13)10-2-4-22-5-3-10;8-6-7-4-2-1-3-5-7;/h2-6,11,15,17-18H,7-10,12-14H2,1H3,(H,24,25,28);8-11,16H,2-7H2,1H3,(H,18,19,21);1-5H,6H2;1H. The van der Waals surface area contributed by atoms with Crippen LogP contribution in [0.25, 0.3) is 11.0 Å². The first kappa shape index (κ1) is 43.8. The number of likely N-dealkylation sites (tertiary alicyclic amines) is 1. The molecular weight excluding hydrogens is 848 g/mol. The molecule has 2 aromatic carbocycles.